The molecule has 0 radical (unpaired) electrons. The van der Waals surface area contributed by atoms with E-state index in [1.165, 1.54) is 29.7 Å². The number of halogens is 1. The Labute approximate surface area is 234 Å². The smallest absolute Gasteiger partial charge is 0.254 e. The van der Waals surface area contributed by atoms with Gasteiger partial charge in [-0.3, -0.25) is 15.0 Å². The standard InChI is InChI=1S/C31H38FN3O5/c1-18-13-22(32)14-19(2)30(18)40-27-12-7-21(31(4,5)38)15-25(27)26-17-35(6)29(37)16-28(26)39-24-10-8-23(9-11-24)34-33-20(3)36/h7,12-17,23-24,34,38H,8-11H2,1-6H3,(H,33,36)/t23-,24+. The number of amides is 1. The first kappa shape index (κ1) is 29.3. The summed E-state index contributed by atoms with van der Waals surface area (Å²) in [5, 5.41) is 10.8. The molecular formula is C31H38FN3O5. The monoisotopic (exact) mass is 551 g/mol. The zero-order valence-electron chi connectivity index (χ0n) is 23.9. The Morgan fingerprint density at radius 2 is 1.68 bits per heavy atom. The molecule has 214 valence electrons. The van der Waals surface area contributed by atoms with Crippen LogP contribution in [-0.2, 0) is 17.4 Å². The van der Waals surface area contributed by atoms with Crippen LogP contribution in [0.2, 0.25) is 0 Å². The molecular weight excluding hydrogens is 513 g/mol. The number of hydrazine groups is 1. The number of carbonyl (C=O) groups is 1. The third kappa shape index (κ3) is 6.89. The van der Waals surface area contributed by atoms with Crippen molar-refractivity contribution >= 4 is 5.91 Å². The first-order chi connectivity index (χ1) is 18.8. The van der Waals surface area contributed by atoms with Gasteiger partial charge in [0, 0.05) is 43.4 Å². The van der Waals surface area contributed by atoms with Crippen molar-refractivity contribution in [2.75, 3.05) is 0 Å². The van der Waals surface area contributed by atoms with Gasteiger partial charge < -0.3 is 19.1 Å². The fourth-order valence-electron chi connectivity index (χ4n) is 5.00. The molecule has 1 aliphatic carbocycles. The maximum absolute atomic E-state index is 14.0. The van der Waals surface area contributed by atoms with Crippen molar-refractivity contribution in [3.05, 3.63) is 75.5 Å². The Hall–Kier alpha value is -3.69. The number of nitrogens with one attached hydrogen (secondary N) is 2. The average molecular weight is 552 g/mol. The van der Waals surface area contributed by atoms with Gasteiger partial charge in [-0.2, -0.15) is 0 Å². The fourth-order valence-corrected chi connectivity index (χ4v) is 5.00. The molecule has 0 spiro atoms. The van der Waals surface area contributed by atoms with Gasteiger partial charge in [0.1, 0.15) is 23.1 Å². The van der Waals surface area contributed by atoms with E-state index in [1.807, 2.05) is 6.07 Å². The molecule has 0 aliphatic heterocycles. The molecule has 1 aromatic heterocycles. The second kappa shape index (κ2) is 11.8. The van der Waals surface area contributed by atoms with E-state index in [9.17, 15) is 19.1 Å². The third-order valence-corrected chi connectivity index (χ3v) is 7.22. The molecule has 1 aliphatic rings. The summed E-state index contributed by atoms with van der Waals surface area (Å²) in [4.78, 5) is 23.9. The second-order valence-corrected chi connectivity index (χ2v) is 11.2. The Morgan fingerprint density at radius 1 is 1.02 bits per heavy atom. The number of hydrogen-bond acceptors (Lipinski definition) is 6. The lowest BCUT2D eigenvalue weighted by Crippen LogP contribution is -2.45. The van der Waals surface area contributed by atoms with Crippen LogP contribution in [0.4, 0.5) is 4.39 Å². The summed E-state index contributed by atoms with van der Waals surface area (Å²) in [6.45, 7) is 8.43. The quantitative estimate of drug-likeness (QED) is 0.335. The number of hydrogen-bond donors (Lipinski definition) is 3. The number of aryl methyl sites for hydroxylation is 3. The van der Waals surface area contributed by atoms with Crippen LogP contribution in [0.5, 0.6) is 17.2 Å². The van der Waals surface area contributed by atoms with Crippen LogP contribution >= 0.6 is 0 Å². The predicted molar refractivity (Wildman–Crippen MR) is 152 cm³/mol. The van der Waals surface area contributed by atoms with Crippen molar-refractivity contribution in [1.29, 1.82) is 0 Å². The van der Waals surface area contributed by atoms with Gasteiger partial charge in [0.15, 0.2) is 0 Å². The normalized spacial score (nSPS) is 17.4. The van der Waals surface area contributed by atoms with Crippen LogP contribution in [0.1, 0.15) is 63.1 Å². The molecule has 1 amide bonds. The Kier molecular flexibility index (Phi) is 8.65. The zero-order valence-corrected chi connectivity index (χ0v) is 23.9. The summed E-state index contributed by atoms with van der Waals surface area (Å²) in [6.07, 6.45) is 4.68. The van der Waals surface area contributed by atoms with Gasteiger partial charge >= 0.3 is 0 Å². The van der Waals surface area contributed by atoms with E-state index in [2.05, 4.69) is 10.9 Å². The lowest BCUT2D eigenvalue weighted by atomic mass is 9.92. The van der Waals surface area contributed by atoms with E-state index in [0.29, 0.717) is 45.1 Å². The van der Waals surface area contributed by atoms with Crippen LogP contribution in [0.15, 0.2) is 47.4 Å². The van der Waals surface area contributed by atoms with E-state index in [1.54, 1.807) is 53.1 Å². The summed E-state index contributed by atoms with van der Waals surface area (Å²) in [5.41, 5.74) is 7.58. The van der Waals surface area contributed by atoms with Crippen LogP contribution in [-0.4, -0.2) is 27.7 Å². The van der Waals surface area contributed by atoms with Crippen LogP contribution < -0.4 is 25.9 Å². The molecule has 40 heavy (non-hydrogen) atoms. The van der Waals surface area contributed by atoms with Crippen molar-refractivity contribution in [3.8, 4) is 28.4 Å². The van der Waals surface area contributed by atoms with Crippen LogP contribution in [0, 0.1) is 19.7 Å². The SMILES string of the molecule is CC(=O)NN[C@H]1CC[C@@H](Oc2cc(=O)n(C)cc2-c2cc(C(C)(C)O)ccc2Oc2c(C)cc(F)cc2C)CC1. The topological polar surface area (TPSA) is 102 Å². The van der Waals surface area contributed by atoms with Crippen LogP contribution in [0.25, 0.3) is 11.1 Å². The van der Waals surface area contributed by atoms with E-state index in [0.717, 1.165) is 25.7 Å². The molecule has 1 heterocycles. The molecule has 8 nitrogen and oxygen atoms in total. The van der Waals surface area contributed by atoms with Crippen molar-refractivity contribution in [2.45, 2.75) is 78.0 Å². The van der Waals surface area contributed by atoms with E-state index < -0.39 is 5.60 Å². The number of aliphatic hydroxyl groups is 1. The van der Waals surface area contributed by atoms with E-state index >= 15 is 0 Å². The van der Waals surface area contributed by atoms with Gasteiger partial charge in [0.2, 0.25) is 5.91 Å². The number of nitrogens with zero attached hydrogens (tertiary/aromatic N) is 1. The first-order valence-electron chi connectivity index (χ1n) is 13.5. The summed E-state index contributed by atoms with van der Waals surface area (Å²) < 4.78 is 28.3. The van der Waals surface area contributed by atoms with Crippen LogP contribution in [0.3, 0.4) is 0 Å². The number of ether oxygens (including phenoxy) is 2. The highest BCUT2D eigenvalue weighted by Crippen LogP contribution is 2.42. The van der Waals surface area contributed by atoms with Crippen molar-refractivity contribution in [1.82, 2.24) is 15.4 Å². The summed E-state index contributed by atoms with van der Waals surface area (Å²) in [7, 11) is 1.67. The minimum Gasteiger partial charge on any atom is -0.490 e. The molecule has 9 heteroatoms. The third-order valence-electron chi connectivity index (χ3n) is 7.22. The van der Waals surface area contributed by atoms with E-state index in [-0.39, 0.29) is 29.4 Å². The molecule has 1 saturated carbocycles. The maximum atomic E-state index is 14.0. The maximum Gasteiger partial charge on any atom is 0.254 e. The van der Waals surface area contributed by atoms with Crippen molar-refractivity contribution in [3.63, 3.8) is 0 Å². The highest BCUT2D eigenvalue weighted by atomic mass is 19.1. The minimum atomic E-state index is -1.13. The molecule has 0 unspecified atom stereocenters. The summed E-state index contributed by atoms with van der Waals surface area (Å²) in [6, 6.07) is 9.88. The number of rotatable bonds is 8. The van der Waals surface area contributed by atoms with Gasteiger partial charge in [0.25, 0.3) is 5.56 Å². The Morgan fingerprint density at radius 3 is 2.27 bits per heavy atom. The number of aromatic nitrogens is 1. The number of benzene rings is 2. The van der Waals surface area contributed by atoms with Crippen molar-refractivity contribution in [2.24, 2.45) is 7.05 Å². The van der Waals surface area contributed by atoms with Gasteiger partial charge in [0.05, 0.1) is 11.7 Å². The molecule has 3 N–H and O–H groups in total. The molecule has 2 aromatic carbocycles. The van der Waals surface area contributed by atoms with E-state index in [4.69, 9.17) is 9.47 Å². The molecule has 4 rings (SSSR count). The van der Waals surface area contributed by atoms with Gasteiger partial charge in [-0.05, 0) is 94.3 Å². The molecule has 0 atom stereocenters. The summed E-state index contributed by atoms with van der Waals surface area (Å²) in [5.74, 6) is 0.969. The predicted octanol–water partition coefficient (Wildman–Crippen LogP) is 5.16. The number of pyridine rings is 1. The highest BCUT2D eigenvalue weighted by Gasteiger charge is 2.26. The van der Waals surface area contributed by atoms with Gasteiger partial charge in [-0.15, -0.1) is 0 Å². The lowest BCUT2D eigenvalue weighted by Gasteiger charge is -2.30. The molecule has 0 bridgehead atoms. The molecule has 3 aromatic rings. The first-order valence-corrected chi connectivity index (χ1v) is 13.5. The Balaban J connectivity index is 1.73. The van der Waals surface area contributed by atoms with Crippen molar-refractivity contribution < 1.29 is 23.8 Å². The fraction of sp³-hybridized carbons (Fsp3) is 0.419. The highest BCUT2D eigenvalue weighted by molar-refractivity contribution is 5.76. The largest absolute Gasteiger partial charge is 0.490 e. The van der Waals surface area contributed by atoms with Gasteiger partial charge in [-0.25, -0.2) is 9.82 Å². The molecule has 0 saturated heterocycles. The second-order valence-electron chi connectivity index (χ2n) is 11.2. The zero-order chi connectivity index (χ0) is 29.2. The summed E-state index contributed by atoms with van der Waals surface area (Å²) >= 11 is 0. The minimum absolute atomic E-state index is 0.121. The average Bonchev–Trinajstić information content (AvgIpc) is 2.87. The molecule has 1 fully saturated rings. The van der Waals surface area contributed by atoms with Gasteiger partial charge in [-0.1, -0.05) is 6.07 Å². The Bertz CT molecular complexity index is 1430. The number of carbonyl (C=O) groups excluding carboxylic acids is 1. The lowest BCUT2D eigenvalue weighted by molar-refractivity contribution is -0.120.